The van der Waals surface area contributed by atoms with Crippen LogP contribution in [-0.4, -0.2) is 12.6 Å². The van der Waals surface area contributed by atoms with Gasteiger partial charge < -0.3 is 4.74 Å². The van der Waals surface area contributed by atoms with Crippen LogP contribution in [0.3, 0.4) is 0 Å². The molecule has 0 rings (SSSR count). The highest BCUT2D eigenvalue weighted by atomic mass is 16.5. The second-order valence-corrected chi connectivity index (χ2v) is 4.76. The minimum Gasteiger partial charge on any atom is -0.465 e. The van der Waals surface area contributed by atoms with E-state index in [-0.39, 0.29) is 5.97 Å². The van der Waals surface area contributed by atoms with Crippen molar-refractivity contribution in [2.45, 2.75) is 59.8 Å². The third-order valence-corrected chi connectivity index (χ3v) is 2.44. The van der Waals surface area contributed by atoms with Crippen LogP contribution in [0.2, 0.25) is 0 Å². The number of hydrogen-bond acceptors (Lipinski definition) is 2. The molecule has 0 aliphatic heterocycles. The molecule has 0 aliphatic carbocycles. The summed E-state index contributed by atoms with van der Waals surface area (Å²) in [6, 6.07) is 0. The predicted molar refractivity (Wildman–Crippen MR) is 68.3 cm³/mol. The monoisotopic (exact) mass is 226 g/mol. The van der Waals surface area contributed by atoms with Crippen LogP contribution in [-0.2, 0) is 9.53 Å². The number of esters is 1. The minimum atomic E-state index is -0.106. The third-order valence-electron chi connectivity index (χ3n) is 2.44. The molecule has 2 heteroatoms. The Labute approximate surface area is 100 Å². The molecule has 16 heavy (non-hydrogen) atoms. The van der Waals surface area contributed by atoms with Gasteiger partial charge in [-0.1, -0.05) is 38.8 Å². The maximum absolute atomic E-state index is 11.2. The van der Waals surface area contributed by atoms with E-state index in [1.165, 1.54) is 18.4 Å². The number of hydrogen-bond donors (Lipinski definition) is 0. The molecule has 0 aromatic heterocycles. The van der Waals surface area contributed by atoms with Crippen molar-refractivity contribution in [3.63, 3.8) is 0 Å². The van der Waals surface area contributed by atoms with Gasteiger partial charge in [-0.2, -0.15) is 0 Å². The summed E-state index contributed by atoms with van der Waals surface area (Å²) < 4.78 is 5.00. The highest BCUT2D eigenvalue weighted by Crippen LogP contribution is 2.12. The van der Waals surface area contributed by atoms with Gasteiger partial charge in [0, 0.05) is 0 Å². The lowest BCUT2D eigenvalue weighted by molar-refractivity contribution is -0.142. The van der Waals surface area contributed by atoms with Crippen molar-refractivity contribution >= 4 is 5.97 Å². The highest BCUT2D eigenvalue weighted by Gasteiger charge is 2.00. The SMILES string of the molecule is CCCOC(=O)C/C=C(\C)CCCC(C)C. The molecule has 0 amide bonds. The van der Waals surface area contributed by atoms with Gasteiger partial charge in [-0.25, -0.2) is 0 Å². The molecule has 0 heterocycles. The lowest BCUT2D eigenvalue weighted by atomic mass is 10.0. The fourth-order valence-corrected chi connectivity index (χ4v) is 1.42. The lowest BCUT2D eigenvalue weighted by Gasteiger charge is -2.05. The first-order valence-corrected chi connectivity index (χ1v) is 6.37. The molecule has 0 N–H and O–H groups in total. The van der Waals surface area contributed by atoms with E-state index in [0.717, 1.165) is 18.8 Å². The van der Waals surface area contributed by atoms with Crippen molar-refractivity contribution in [3.8, 4) is 0 Å². The molecule has 0 aliphatic rings. The molecule has 0 saturated heterocycles. The van der Waals surface area contributed by atoms with Crippen LogP contribution < -0.4 is 0 Å². The van der Waals surface area contributed by atoms with Crippen molar-refractivity contribution in [1.82, 2.24) is 0 Å². The van der Waals surface area contributed by atoms with E-state index in [1.807, 2.05) is 13.0 Å². The largest absolute Gasteiger partial charge is 0.465 e. The van der Waals surface area contributed by atoms with E-state index < -0.39 is 0 Å². The number of carbonyl (C=O) groups is 1. The van der Waals surface area contributed by atoms with Gasteiger partial charge in [0.15, 0.2) is 0 Å². The Hall–Kier alpha value is -0.790. The number of carbonyl (C=O) groups excluding carboxylic acids is 1. The zero-order valence-electron chi connectivity index (χ0n) is 11.2. The molecule has 0 atom stereocenters. The second-order valence-electron chi connectivity index (χ2n) is 4.76. The van der Waals surface area contributed by atoms with Crippen LogP contribution in [0.15, 0.2) is 11.6 Å². The summed E-state index contributed by atoms with van der Waals surface area (Å²) in [6.07, 6.45) is 6.88. The van der Waals surface area contributed by atoms with Crippen molar-refractivity contribution in [2.24, 2.45) is 5.92 Å². The van der Waals surface area contributed by atoms with Crippen LogP contribution >= 0.6 is 0 Å². The molecule has 2 nitrogen and oxygen atoms in total. The fraction of sp³-hybridized carbons (Fsp3) is 0.786. The lowest BCUT2D eigenvalue weighted by Crippen LogP contribution is -2.03. The van der Waals surface area contributed by atoms with Crippen LogP contribution in [0.25, 0.3) is 0 Å². The first-order valence-electron chi connectivity index (χ1n) is 6.37. The normalized spacial score (nSPS) is 11.9. The molecular weight excluding hydrogens is 200 g/mol. The Kier molecular flexibility index (Phi) is 8.97. The van der Waals surface area contributed by atoms with Crippen LogP contribution in [0.5, 0.6) is 0 Å². The van der Waals surface area contributed by atoms with Crippen LogP contribution in [0.1, 0.15) is 59.8 Å². The zero-order chi connectivity index (χ0) is 12.4. The Morgan fingerprint density at radius 1 is 1.38 bits per heavy atom. The third kappa shape index (κ3) is 9.75. The molecule has 0 fully saturated rings. The fourth-order valence-electron chi connectivity index (χ4n) is 1.42. The molecule has 0 spiro atoms. The number of rotatable bonds is 8. The van der Waals surface area contributed by atoms with Crippen molar-refractivity contribution in [2.75, 3.05) is 6.61 Å². The molecule has 0 saturated carbocycles. The first-order chi connectivity index (χ1) is 7.56. The maximum atomic E-state index is 11.2. The molecule has 0 bridgehead atoms. The average Bonchev–Trinajstić information content (AvgIpc) is 2.23. The number of allylic oxidation sites excluding steroid dienone is 1. The van der Waals surface area contributed by atoms with Gasteiger partial charge in [0.05, 0.1) is 13.0 Å². The first kappa shape index (κ1) is 15.2. The minimum absolute atomic E-state index is 0.106. The van der Waals surface area contributed by atoms with Crippen LogP contribution in [0, 0.1) is 5.92 Å². The number of ether oxygens (including phenoxy) is 1. The quantitative estimate of drug-likeness (QED) is 0.460. The summed E-state index contributed by atoms with van der Waals surface area (Å²) in [5.41, 5.74) is 1.30. The summed E-state index contributed by atoms with van der Waals surface area (Å²) in [4.78, 5) is 11.2. The van der Waals surface area contributed by atoms with Gasteiger partial charge in [-0.15, -0.1) is 0 Å². The summed E-state index contributed by atoms with van der Waals surface area (Å²) in [6.45, 7) is 9.11. The van der Waals surface area contributed by atoms with Crippen molar-refractivity contribution < 1.29 is 9.53 Å². The topological polar surface area (TPSA) is 26.3 Å². The van der Waals surface area contributed by atoms with Gasteiger partial charge in [0.2, 0.25) is 0 Å². The molecule has 0 radical (unpaired) electrons. The van der Waals surface area contributed by atoms with Crippen LogP contribution in [0.4, 0.5) is 0 Å². The van der Waals surface area contributed by atoms with Gasteiger partial charge in [-0.3, -0.25) is 4.79 Å². The molecular formula is C14H26O2. The molecule has 0 unspecified atom stereocenters. The molecule has 0 aromatic carbocycles. The van der Waals surface area contributed by atoms with Gasteiger partial charge >= 0.3 is 5.97 Å². The van der Waals surface area contributed by atoms with Crippen molar-refractivity contribution in [3.05, 3.63) is 11.6 Å². The van der Waals surface area contributed by atoms with Gasteiger partial charge in [-0.05, 0) is 32.1 Å². The van der Waals surface area contributed by atoms with E-state index >= 15 is 0 Å². The second kappa shape index (κ2) is 9.44. The van der Waals surface area contributed by atoms with E-state index in [1.54, 1.807) is 0 Å². The standard InChI is InChI=1S/C14H26O2/c1-5-11-16-14(15)10-9-13(4)8-6-7-12(2)3/h9,12H,5-8,10-11H2,1-4H3/b13-9+. The Bertz CT molecular complexity index is 217. The van der Waals surface area contributed by atoms with Gasteiger partial charge in [0.25, 0.3) is 0 Å². The van der Waals surface area contributed by atoms with E-state index in [4.69, 9.17) is 4.74 Å². The Balaban J connectivity index is 3.65. The van der Waals surface area contributed by atoms with Gasteiger partial charge in [0.1, 0.15) is 0 Å². The average molecular weight is 226 g/mol. The van der Waals surface area contributed by atoms with E-state index in [9.17, 15) is 4.79 Å². The summed E-state index contributed by atoms with van der Waals surface area (Å²) in [5.74, 6) is 0.660. The Morgan fingerprint density at radius 3 is 2.62 bits per heavy atom. The predicted octanol–water partition coefficient (Wildman–Crippen LogP) is 4.10. The summed E-state index contributed by atoms with van der Waals surface area (Å²) in [7, 11) is 0. The summed E-state index contributed by atoms with van der Waals surface area (Å²) >= 11 is 0. The Morgan fingerprint density at radius 2 is 2.06 bits per heavy atom. The molecule has 0 aromatic rings. The van der Waals surface area contributed by atoms with E-state index in [0.29, 0.717) is 13.0 Å². The van der Waals surface area contributed by atoms with Crippen molar-refractivity contribution in [1.29, 1.82) is 0 Å². The maximum Gasteiger partial charge on any atom is 0.309 e. The zero-order valence-corrected chi connectivity index (χ0v) is 11.2. The highest BCUT2D eigenvalue weighted by molar-refractivity contribution is 5.71. The molecule has 94 valence electrons. The van der Waals surface area contributed by atoms with E-state index in [2.05, 4.69) is 20.8 Å². The smallest absolute Gasteiger partial charge is 0.309 e. The summed E-state index contributed by atoms with van der Waals surface area (Å²) in [5, 5.41) is 0.